The molecule has 158 valence electrons. The first-order valence-electron chi connectivity index (χ1n) is 10.8. The van der Waals surface area contributed by atoms with Crippen LogP contribution in [-0.2, 0) is 13.6 Å². The summed E-state index contributed by atoms with van der Waals surface area (Å²) in [5.74, 6) is 2.66. The number of hydrogen-bond donors (Lipinski definition) is 2. The van der Waals surface area contributed by atoms with Crippen LogP contribution in [0.15, 0.2) is 29.3 Å². The normalized spacial score (nSPS) is 15.0. The third-order valence-electron chi connectivity index (χ3n) is 5.68. The SMILES string of the molecule is CCN(CCNC(=NCc1nnc(C)n1C)NC1CCCC1)c1cccc(C)c1. The van der Waals surface area contributed by atoms with E-state index in [1.807, 2.05) is 18.5 Å². The van der Waals surface area contributed by atoms with Crippen molar-refractivity contribution in [3.8, 4) is 0 Å². The van der Waals surface area contributed by atoms with Crippen molar-refractivity contribution < 1.29 is 0 Å². The second-order valence-corrected chi connectivity index (χ2v) is 7.86. The molecular formula is C22H35N7. The van der Waals surface area contributed by atoms with Gasteiger partial charge in [0.25, 0.3) is 0 Å². The first-order chi connectivity index (χ1) is 14.1. The van der Waals surface area contributed by atoms with Gasteiger partial charge in [-0.1, -0.05) is 25.0 Å². The molecule has 7 nitrogen and oxygen atoms in total. The van der Waals surface area contributed by atoms with Crippen LogP contribution in [0.1, 0.15) is 49.8 Å². The molecule has 0 amide bonds. The number of aromatic nitrogens is 3. The number of aryl methyl sites for hydroxylation is 2. The molecule has 1 fully saturated rings. The molecule has 0 aliphatic heterocycles. The van der Waals surface area contributed by atoms with Crippen molar-refractivity contribution in [2.45, 2.75) is 59.0 Å². The molecule has 0 bridgehead atoms. The summed E-state index contributed by atoms with van der Waals surface area (Å²) in [4.78, 5) is 7.18. The van der Waals surface area contributed by atoms with Crippen LogP contribution in [0.3, 0.4) is 0 Å². The molecule has 7 heteroatoms. The summed E-state index contributed by atoms with van der Waals surface area (Å²) in [6.07, 6.45) is 5.02. The van der Waals surface area contributed by atoms with Gasteiger partial charge in [-0.15, -0.1) is 10.2 Å². The third-order valence-corrected chi connectivity index (χ3v) is 5.68. The standard InChI is InChI=1S/C22H35N7/c1-5-29(20-12-8-9-17(2)15-20)14-13-23-22(25-19-10-6-7-11-19)24-16-21-27-26-18(3)28(21)4/h8-9,12,15,19H,5-7,10-11,13-14,16H2,1-4H3,(H2,23,24,25). The number of likely N-dealkylation sites (N-methyl/N-ethyl adjacent to an activating group) is 1. The number of guanidine groups is 1. The highest BCUT2D eigenvalue weighted by Crippen LogP contribution is 2.17. The zero-order valence-corrected chi connectivity index (χ0v) is 18.3. The fourth-order valence-electron chi connectivity index (χ4n) is 3.76. The van der Waals surface area contributed by atoms with E-state index in [0.717, 1.165) is 37.2 Å². The van der Waals surface area contributed by atoms with E-state index in [1.165, 1.54) is 36.9 Å². The Morgan fingerprint density at radius 3 is 2.69 bits per heavy atom. The van der Waals surface area contributed by atoms with Gasteiger partial charge in [0.1, 0.15) is 12.4 Å². The van der Waals surface area contributed by atoms with Crippen LogP contribution in [0.4, 0.5) is 5.69 Å². The van der Waals surface area contributed by atoms with Crippen molar-refractivity contribution in [1.29, 1.82) is 0 Å². The smallest absolute Gasteiger partial charge is 0.191 e. The maximum absolute atomic E-state index is 4.79. The van der Waals surface area contributed by atoms with Crippen LogP contribution in [0.5, 0.6) is 0 Å². The average Bonchev–Trinajstić information content (AvgIpc) is 3.34. The number of anilines is 1. The van der Waals surface area contributed by atoms with E-state index in [4.69, 9.17) is 4.99 Å². The minimum absolute atomic E-state index is 0.515. The summed E-state index contributed by atoms with van der Waals surface area (Å²) in [6, 6.07) is 9.20. The maximum Gasteiger partial charge on any atom is 0.191 e. The number of benzene rings is 1. The van der Waals surface area contributed by atoms with Gasteiger partial charge in [-0.3, -0.25) is 0 Å². The number of aliphatic imine (C=N–C) groups is 1. The van der Waals surface area contributed by atoms with E-state index < -0.39 is 0 Å². The molecule has 2 aromatic rings. The number of hydrogen-bond acceptors (Lipinski definition) is 4. The molecule has 29 heavy (non-hydrogen) atoms. The van der Waals surface area contributed by atoms with Gasteiger partial charge in [-0.25, -0.2) is 4.99 Å². The zero-order chi connectivity index (χ0) is 20.6. The predicted octanol–water partition coefficient (Wildman–Crippen LogP) is 2.94. The molecule has 0 saturated heterocycles. The molecule has 1 aromatic heterocycles. The molecule has 1 aliphatic carbocycles. The largest absolute Gasteiger partial charge is 0.370 e. The van der Waals surface area contributed by atoms with Gasteiger partial charge in [0.05, 0.1) is 0 Å². The van der Waals surface area contributed by atoms with Crippen LogP contribution in [-0.4, -0.2) is 46.4 Å². The second-order valence-electron chi connectivity index (χ2n) is 7.86. The van der Waals surface area contributed by atoms with Crippen molar-refractivity contribution in [1.82, 2.24) is 25.4 Å². The molecule has 2 N–H and O–H groups in total. The molecule has 1 aliphatic rings. The van der Waals surface area contributed by atoms with Crippen LogP contribution in [0, 0.1) is 13.8 Å². The summed E-state index contributed by atoms with van der Waals surface area (Å²) in [7, 11) is 1.98. The molecule has 0 atom stereocenters. The lowest BCUT2D eigenvalue weighted by Crippen LogP contribution is -2.45. The highest BCUT2D eigenvalue weighted by atomic mass is 15.3. The van der Waals surface area contributed by atoms with E-state index >= 15 is 0 Å². The van der Waals surface area contributed by atoms with Crippen LogP contribution >= 0.6 is 0 Å². The predicted molar refractivity (Wildman–Crippen MR) is 119 cm³/mol. The first-order valence-corrected chi connectivity index (χ1v) is 10.8. The molecule has 1 heterocycles. The Hall–Kier alpha value is -2.57. The number of nitrogens with one attached hydrogen (secondary N) is 2. The van der Waals surface area contributed by atoms with E-state index in [1.54, 1.807) is 0 Å². The maximum atomic E-state index is 4.79. The van der Waals surface area contributed by atoms with E-state index in [0.29, 0.717) is 12.6 Å². The molecule has 1 aromatic carbocycles. The molecule has 0 unspecified atom stereocenters. The van der Waals surface area contributed by atoms with Crippen LogP contribution < -0.4 is 15.5 Å². The Bertz CT molecular complexity index is 805. The average molecular weight is 398 g/mol. The molecular weight excluding hydrogens is 362 g/mol. The minimum atomic E-state index is 0.515. The molecule has 0 spiro atoms. The summed E-state index contributed by atoms with van der Waals surface area (Å²) < 4.78 is 1.99. The van der Waals surface area contributed by atoms with Gasteiger partial charge in [-0.05, 0) is 51.3 Å². The zero-order valence-electron chi connectivity index (χ0n) is 18.3. The summed E-state index contributed by atoms with van der Waals surface area (Å²) in [5.41, 5.74) is 2.56. The quantitative estimate of drug-likeness (QED) is 0.529. The van der Waals surface area contributed by atoms with Crippen molar-refractivity contribution in [2.75, 3.05) is 24.5 Å². The lowest BCUT2D eigenvalue weighted by atomic mass is 10.2. The highest BCUT2D eigenvalue weighted by molar-refractivity contribution is 5.80. The molecule has 0 radical (unpaired) electrons. The molecule has 3 rings (SSSR count). The Morgan fingerprint density at radius 1 is 1.24 bits per heavy atom. The van der Waals surface area contributed by atoms with Crippen LogP contribution in [0.25, 0.3) is 0 Å². The fraction of sp³-hybridized carbons (Fsp3) is 0.591. The van der Waals surface area contributed by atoms with Crippen molar-refractivity contribution in [3.05, 3.63) is 41.5 Å². The summed E-state index contributed by atoms with van der Waals surface area (Å²) in [6.45, 7) is 9.55. The van der Waals surface area contributed by atoms with Gasteiger partial charge in [0.2, 0.25) is 0 Å². The van der Waals surface area contributed by atoms with Gasteiger partial charge in [0.15, 0.2) is 11.8 Å². The van der Waals surface area contributed by atoms with Gasteiger partial charge in [-0.2, -0.15) is 0 Å². The first kappa shape index (κ1) is 21.1. The van der Waals surface area contributed by atoms with Gasteiger partial charge < -0.3 is 20.1 Å². The topological polar surface area (TPSA) is 70.4 Å². The molecule has 1 saturated carbocycles. The summed E-state index contributed by atoms with van der Waals surface area (Å²) >= 11 is 0. The van der Waals surface area contributed by atoms with Crippen molar-refractivity contribution in [3.63, 3.8) is 0 Å². The lowest BCUT2D eigenvalue weighted by Gasteiger charge is -2.25. The van der Waals surface area contributed by atoms with Gasteiger partial charge in [0, 0.05) is 38.4 Å². The Labute approximate surface area is 174 Å². The van der Waals surface area contributed by atoms with E-state index in [9.17, 15) is 0 Å². The summed E-state index contributed by atoms with van der Waals surface area (Å²) in [5, 5.41) is 15.5. The minimum Gasteiger partial charge on any atom is -0.370 e. The van der Waals surface area contributed by atoms with E-state index in [-0.39, 0.29) is 0 Å². The Morgan fingerprint density at radius 2 is 2.03 bits per heavy atom. The third kappa shape index (κ3) is 5.95. The van der Waals surface area contributed by atoms with Gasteiger partial charge >= 0.3 is 0 Å². The second kappa shape index (κ2) is 10.3. The van der Waals surface area contributed by atoms with Crippen molar-refractivity contribution >= 4 is 11.6 Å². The lowest BCUT2D eigenvalue weighted by molar-refractivity contribution is 0.609. The monoisotopic (exact) mass is 397 g/mol. The Kier molecular flexibility index (Phi) is 7.49. The number of rotatable bonds is 8. The Balaban J connectivity index is 1.61. The van der Waals surface area contributed by atoms with Crippen LogP contribution in [0.2, 0.25) is 0 Å². The van der Waals surface area contributed by atoms with Crippen molar-refractivity contribution in [2.24, 2.45) is 12.0 Å². The highest BCUT2D eigenvalue weighted by Gasteiger charge is 2.16. The number of nitrogens with zero attached hydrogens (tertiary/aromatic N) is 5. The fourth-order valence-corrected chi connectivity index (χ4v) is 3.76. The van der Waals surface area contributed by atoms with E-state index in [2.05, 4.69) is 63.8 Å².